The van der Waals surface area contributed by atoms with Crippen LogP contribution in [0.4, 0.5) is 0 Å². The Morgan fingerprint density at radius 3 is 2.48 bits per heavy atom. The number of halogens is 1. The number of aromatic nitrogens is 2. The number of hydrogen-bond acceptors (Lipinski definition) is 4. The van der Waals surface area contributed by atoms with Crippen molar-refractivity contribution in [2.75, 3.05) is 20.8 Å². The zero-order valence-electron chi connectivity index (χ0n) is 12.9. The molecule has 0 aliphatic rings. The Labute approximate surface area is 129 Å². The number of benzene rings is 1. The molecule has 0 radical (unpaired) electrons. The molecule has 0 bridgehead atoms. The second kappa shape index (κ2) is 7.00. The third kappa shape index (κ3) is 3.24. The van der Waals surface area contributed by atoms with Gasteiger partial charge < -0.3 is 18.8 Å². The molecule has 1 unspecified atom stereocenters. The lowest BCUT2D eigenvalue weighted by molar-refractivity contribution is 0.0643. The summed E-state index contributed by atoms with van der Waals surface area (Å²) in [6, 6.07) is 3.79. The smallest absolute Gasteiger partial charge is 0.163 e. The molecular formula is C15H21ClN2O3. The van der Waals surface area contributed by atoms with Crippen LogP contribution >= 0.6 is 11.6 Å². The Morgan fingerprint density at radius 2 is 1.90 bits per heavy atom. The third-order valence-corrected chi connectivity index (χ3v) is 3.58. The Balaban J connectivity index is 2.51. The van der Waals surface area contributed by atoms with Gasteiger partial charge in [0.25, 0.3) is 0 Å². The Morgan fingerprint density at radius 1 is 1.24 bits per heavy atom. The number of hydrogen-bond donors (Lipinski definition) is 0. The van der Waals surface area contributed by atoms with Crippen molar-refractivity contribution in [1.29, 1.82) is 0 Å². The van der Waals surface area contributed by atoms with Gasteiger partial charge in [-0.05, 0) is 13.8 Å². The van der Waals surface area contributed by atoms with Gasteiger partial charge in [-0.25, -0.2) is 4.98 Å². The lowest BCUT2D eigenvalue weighted by atomic mass is 10.2. The highest BCUT2D eigenvalue weighted by molar-refractivity contribution is 6.16. The highest BCUT2D eigenvalue weighted by Gasteiger charge is 2.16. The van der Waals surface area contributed by atoms with E-state index in [1.54, 1.807) is 14.2 Å². The van der Waals surface area contributed by atoms with Crippen molar-refractivity contribution >= 4 is 22.6 Å². The van der Waals surface area contributed by atoms with E-state index >= 15 is 0 Å². The minimum Gasteiger partial charge on any atom is -0.493 e. The monoisotopic (exact) mass is 312 g/mol. The molecule has 1 atom stereocenters. The van der Waals surface area contributed by atoms with Gasteiger partial charge in [0.1, 0.15) is 5.82 Å². The van der Waals surface area contributed by atoms with Crippen molar-refractivity contribution in [2.45, 2.75) is 32.4 Å². The number of fused-ring (bicyclic) bond motifs is 1. The standard InChI is InChI=1S/C15H21ClN2O3/c1-5-21-10(2)9-18-12-7-14(20-4)13(19-3)6-11(12)17-15(18)8-16/h6-7,10H,5,8-9H2,1-4H3. The largest absolute Gasteiger partial charge is 0.493 e. The second-order valence-electron chi connectivity index (χ2n) is 4.73. The maximum atomic E-state index is 6.02. The summed E-state index contributed by atoms with van der Waals surface area (Å²) in [6.45, 7) is 5.40. The predicted octanol–water partition coefficient (Wildman–Crippen LogP) is 3.22. The minimum atomic E-state index is 0.0856. The average molecular weight is 313 g/mol. The number of nitrogens with zero attached hydrogens (tertiary/aromatic N) is 2. The lowest BCUT2D eigenvalue weighted by Crippen LogP contribution is -2.17. The fourth-order valence-corrected chi connectivity index (χ4v) is 2.61. The summed E-state index contributed by atoms with van der Waals surface area (Å²) >= 11 is 6.02. The van der Waals surface area contributed by atoms with Crippen LogP contribution in [-0.2, 0) is 17.2 Å². The first-order chi connectivity index (χ1) is 10.1. The Hall–Kier alpha value is -1.46. The van der Waals surface area contributed by atoms with Gasteiger partial charge >= 0.3 is 0 Å². The molecule has 116 valence electrons. The van der Waals surface area contributed by atoms with E-state index in [4.69, 9.17) is 25.8 Å². The van der Waals surface area contributed by atoms with Gasteiger partial charge in [0.2, 0.25) is 0 Å². The van der Waals surface area contributed by atoms with Crippen LogP contribution < -0.4 is 9.47 Å². The molecule has 0 spiro atoms. The van der Waals surface area contributed by atoms with E-state index in [0.717, 1.165) is 16.9 Å². The molecule has 2 aromatic rings. The molecule has 1 heterocycles. The summed E-state index contributed by atoms with van der Waals surface area (Å²) in [5.41, 5.74) is 1.81. The number of imidazole rings is 1. The molecule has 0 saturated heterocycles. The molecule has 1 aromatic heterocycles. The summed E-state index contributed by atoms with van der Waals surface area (Å²) in [5.74, 6) is 2.50. The van der Waals surface area contributed by atoms with Gasteiger partial charge in [-0.3, -0.25) is 0 Å². The van der Waals surface area contributed by atoms with E-state index in [0.29, 0.717) is 30.5 Å². The van der Waals surface area contributed by atoms with E-state index in [9.17, 15) is 0 Å². The molecule has 0 aliphatic carbocycles. The summed E-state index contributed by atoms with van der Waals surface area (Å²) in [7, 11) is 3.23. The molecule has 1 aromatic carbocycles. The van der Waals surface area contributed by atoms with E-state index in [1.807, 2.05) is 26.0 Å². The zero-order valence-corrected chi connectivity index (χ0v) is 13.6. The van der Waals surface area contributed by atoms with E-state index in [2.05, 4.69) is 9.55 Å². The van der Waals surface area contributed by atoms with Gasteiger partial charge in [-0.2, -0.15) is 0 Å². The van der Waals surface area contributed by atoms with Gasteiger partial charge in [-0.1, -0.05) is 0 Å². The van der Waals surface area contributed by atoms with Crippen LogP contribution in [0.2, 0.25) is 0 Å². The Kier molecular flexibility index (Phi) is 5.31. The predicted molar refractivity (Wildman–Crippen MR) is 83.5 cm³/mol. The minimum absolute atomic E-state index is 0.0856. The maximum absolute atomic E-state index is 6.02. The van der Waals surface area contributed by atoms with E-state index in [1.165, 1.54) is 0 Å². The fraction of sp³-hybridized carbons (Fsp3) is 0.533. The van der Waals surface area contributed by atoms with Crippen LogP contribution in [0.15, 0.2) is 12.1 Å². The topological polar surface area (TPSA) is 45.5 Å². The summed E-state index contributed by atoms with van der Waals surface area (Å²) in [4.78, 5) is 4.57. The van der Waals surface area contributed by atoms with Crippen molar-refractivity contribution in [3.05, 3.63) is 18.0 Å². The van der Waals surface area contributed by atoms with Gasteiger partial charge in [0, 0.05) is 18.7 Å². The normalized spacial score (nSPS) is 12.6. The van der Waals surface area contributed by atoms with Crippen LogP contribution in [0.5, 0.6) is 11.5 Å². The van der Waals surface area contributed by atoms with Crippen LogP contribution in [-0.4, -0.2) is 36.5 Å². The molecule has 0 N–H and O–H groups in total. The van der Waals surface area contributed by atoms with Crippen molar-refractivity contribution < 1.29 is 14.2 Å². The summed E-state index contributed by atoms with van der Waals surface area (Å²) < 4.78 is 18.4. The van der Waals surface area contributed by atoms with Gasteiger partial charge in [-0.15, -0.1) is 11.6 Å². The lowest BCUT2D eigenvalue weighted by Gasteiger charge is -2.15. The molecule has 6 heteroatoms. The molecule has 2 rings (SSSR count). The van der Waals surface area contributed by atoms with E-state index in [-0.39, 0.29) is 6.10 Å². The molecule has 5 nitrogen and oxygen atoms in total. The number of ether oxygens (including phenoxy) is 3. The van der Waals surface area contributed by atoms with Crippen LogP contribution in [0, 0.1) is 0 Å². The van der Waals surface area contributed by atoms with Crippen LogP contribution in [0.25, 0.3) is 11.0 Å². The number of methoxy groups -OCH3 is 2. The second-order valence-corrected chi connectivity index (χ2v) is 5.00. The van der Waals surface area contributed by atoms with Crippen LogP contribution in [0.1, 0.15) is 19.7 Å². The molecule has 21 heavy (non-hydrogen) atoms. The number of alkyl halides is 1. The van der Waals surface area contributed by atoms with Crippen molar-refractivity contribution in [3.8, 4) is 11.5 Å². The first-order valence-electron chi connectivity index (χ1n) is 6.93. The summed E-state index contributed by atoms with van der Waals surface area (Å²) in [6.07, 6.45) is 0.0856. The first kappa shape index (κ1) is 15.9. The quantitative estimate of drug-likeness (QED) is 0.736. The third-order valence-electron chi connectivity index (χ3n) is 3.34. The highest BCUT2D eigenvalue weighted by atomic mass is 35.5. The highest BCUT2D eigenvalue weighted by Crippen LogP contribution is 2.32. The van der Waals surface area contributed by atoms with Gasteiger partial charge in [0.15, 0.2) is 11.5 Å². The number of rotatable bonds is 7. The molecule has 0 fully saturated rings. The SMILES string of the molecule is CCOC(C)Cn1c(CCl)nc2cc(OC)c(OC)cc21. The maximum Gasteiger partial charge on any atom is 0.163 e. The average Bonchev–Trinajstić information content (AvgIpc) is 2.82. The fourth-order valence-electron chi connectivity index (χ4n) is 2.40. The van der Waals surface area contributed by atoms with Gasteiger partial charge in [0.05, 0.1) is 43.8 Å². The zero-order chi connectivity index (χ0) is 15.4. The van der Waals surface area contributed by atoms with Crippen molar-refractivity contribution in [1.82, 2.24) is 9.55 Å². The molecule has 0 amide bonds. The van der Waals surface area contributed by atoms with Crippen molar-refractivity contribution in [2.24, 2.45) is 0 Å². The molecule has 0 aliphatic heterocycles. The van der Waals surface area contributed by atoms with Crippen molar-refractivity contribution in [3.63, 3.8) is 0 Å². The Bertz CT molecular complexity index is 612. The molecular weight excluding hydrogens is 292 g/mol. The van der Waals surface area contributed by atoms with Crippen LogP contribution in [0.3, 0.4) is 0 Å². The first-order valence-corrected chi connectivity index (χ1v) is 7.46. The molecule has 0 saturated carbocycles. The summed E-state index contributed by atoms with van der Waals surface area (Å²) in [5, 5.41) is 0. The van der Waals surface area contributed by atoms with E-state index < -0.39 is 0 Å².